The number of ether oxygens (including phenoxy) is 1. The first-order valence-electron chi connectivity index (χ1n) is 4.22. The van der Waals surface area contributed by atoms with Crippen molar-refractivity contribution in [1.82, 2.24) is 0 Å². The molecule has 0 radical (unpaired) electrons. The minimum absolute atomic E-state index is 0.0417. The molecule has 1 unspecified atom stereocenters. The van der Waals surface area contributed by atoms with Gasteiger partial charge in [0.2, 0.25) is 11.6 Å². The zero-order valence-corrected chi connectivity index (χ0v) is 7.88. The molecule has 0 fully saturated rings. The van der Waals surface area contributed by atoms with Crippen molar-refractivity contribution in [3.63, 3.8) is 0 Å². The number of aliphatic hydroxyl groups is 2. The predicted octanol–water partition coefficient (Wildman–Crippen LogP) is 0.975. The lowest BCUT2D eigenvalue weighted by molar-refractivity contribution is 0.0503. The highest BCUT2D eigenvalue weighted by atomic mass is 19.2. The summed E-state index contributed by atoms with van der Waals surface area (Å²) in [5.41, 5.74) is 0. The van der Waals surface area contributed by atoms with Crippen molar-refractivity contribution in [2.24, 2.45) is 0 Å². The van der Waals surface area contributed by atoms with E-state index in [2.05, 4.69) is 4.74 Å². The number of hydrogen-bond donors (Lipinski definition) is 2. The van der Waals surface area contributed by atoms with Crippen molar-refractivity contribution in [3.05, 3.63) is 29.3 Å². The molecular formula is C9H8F4O3. The van der Waals surface area contributed by atoms with E-state index >= 15 is 0 Å². The van der Waals surface area contributed by atoms with E-state index in [0.29, 0.717) is 0 Å². The average molecular weight is 240 g/mol. The highest BCUT2D eigenvalue weighted by molar-refractivity contribution is 5.28. The molecule has 1 aromatic carbocycles. The summed E-state index contributed by atoms with van der Waals surface area (Å²) in [5, 5.41) is 17.2. The Balaban J connectivity index is 2.94. The third-order valence-electron chi connectivity index (χ3n) is 1.70. The lowest BCUT2D eigenvalue weighted by Crippen LogP contribution is -2.22. The monoisotopic (exact) mass is 240 g/mol. The van der Waals surface area contributed by atoms with E-state index < -0.39 is 48.3 Å². The molecule has 2 N–H and O–H groups in total. The maximum atomic E-state index is 12.9. The zero-order chi connectivity index (χ0) is 12.3. The SMILES string of the molecule is OCC(O)COc1c(F)c(F)cc(F)c1F. The Morgan fingerprint density at radius 2 is 1.62 bits per heavy atom. The standard InChI is InChI=1S/C9H8F4O3/c10-5-1-6(11)8(13)9(7(5)12)16-3-4(15)2-14/h1,4,14-15H,2-3H2. The molecular weight excluding hydrogens is 232 g/mol. The van der Waals surface area contributed by atoms with Crippen molar-refractivity contribution in [1.29, 1.82) is 0 Å². The molecule has 0 aromatic heterocycles. The Hall–Kier alpha value is -1.34. The van der Waals surface area contributed by atoms with Crippen LogP contribution in [0.1, 0.15) is 0 Å². The van der Waals surface area contributed by atoms with Crippen LogP contribution in [0.4, 0.5) is 17.6 Å². The van der Waals surface area contributed by atoms with E-state index in [0.717, 1.165) is 0 Å². The quantitative estimate of drug-likeness (QED) is 0.609. The van der Waals surface area contributed by atoms with Crippen LogP contribution in [-0.2, 0) is 0 Å². The topological polar surface area (TPSA) is 49.7 Å². The lowest BCUT2D eigenvalue weighted by atomic mass is 10.3. The van der Waals surface area contributed by atoms with Crippen LogP contribution in [-0.4, -0.2) is 29.5 Å². The van der Waals surface area contributed by atoms with Crippen LogP contribution < -0.4 is 4.74 Å². The Bertz CT molecular complexity index is 357. The van der Waals surface area contributed by atoms with Crippen molar-refractivity contribution in [3.8, 4) is 5.75 Å². The van der Waals surface area contributed by atoms with Crippen LogP contribution in [0, 0.1) is 23.3 Å². The summed E-state index contributed by atoms with van der Waals surface area (Å²) in [6, 6.07) is 0.0417. The van der Waals surface area contributed by atoms with Gasteiger partial charge >= 0.3 is 0 Å². The molecule has 0 aliphatic rings. The predicted molar refractivity (Wildman–Crippen MR) is 44.9 cm³/mol. The Labute approximate surface area is 87.9 Å². The molecule has 7 heteroatoms. The first-order chi connectivity index (χ1) is 7.47. The highest BCUT2D eigenvalue weighted by Crippen LogP contribution is 2.26. The molecule has 0 spiro atoms. The molecule has 0 amide bonds. The maximum absolute atomic E-state index is 12.9. The molecule has 1 aromatic rings. The molecule has 1 atom stereocenters. The van der Waals surface area contributed by atoms with E-state index in [1.807, 2.05) is 0 Å². The van der Waals surface area contributed by atoms with Gasteiger partial charge in [-0.3, -0.25) is 0 Å². The van der Waals surface area contributed by atoms with Crippen molar-refractivity contribution < 1.29 is 32.5 Å². The molecule has 0 saturated heterocycles. The third kappa shape index (κ3) is 2.61. The number of rotatable bonds is 4. The van der Waals surface area contributed by atoms with Crippen molar-refractivity contribution in [2.45, 2.75) is 6.10 Å². The van der Waals surface area contributed by atoms with Gasteiger partial charge in [-0.15, -0.1) is 0 Å². The van der Waals surface area contributed by atoms with Crippen LogP contribution >= 0.6 is 0 Å². The average Bonchev–Trinajstić information content (AvgIpc) is 2.26. The van der Waals surface area contributed by atoms with Gasteiger partial charge in [0, 0.05) is 6.07 Å². The fourth-order valence-electron chi connectivity index (χ4n) is 0.910. The van der Waals surface area contributed by atoms with Crippen LogP contribution in [0.2, 0.25) is 0 Å². The van der Waals surface area contributed by atoms with E-state index in [-0.39, 0.29) is 6.07 Å². The first kappa shape index (κ1) is 12.7. The van der Waals surface area contributed by atoms with Gasteiger partial charge in [0.05, 0.1) is 6.61 Å². The van der Waals surface area contributed by atoms with Gasteiger partial charge in [0.15, 0.2) is 17.4 Å². The molecule has 16 heavy (non-hydrogen) atoms. The number of halogens is 4. The number of hydrogen-bond acceptors (Lipinski definition) is 3. The smallest absolute Gasteiger partial charge is 0.203 e. The van der Waals surface area contributed by atoms with Gasteiger partial charge in [-0.05, 0) is 0 Å². The Morgan fingerprint density at radius 3 is 2.06 bits per heavy atom. The first-order valence-corrected chi connectivity index (χ1v) is 4.22. The fraction of sp³-hybridized carbons (Fsp3) is 0.333. The molecule has 1 rings (SSSR count). The molecule has 90 valence electrons. The number of aliphatic hydroxyl groups excluding tert-OH is 2. The van der Waals surface area contributed by atoms with Gasteiger partial charge in [0.25, 0.3) is 0 Å². The summed E-state index contributed by atoms with van der Waals surface area (Å²) >= 11 is 0. The fourth-order valence-corrected chi connectivity index (χ4v) is 0.910. The molecule has 0 saturated carbocycles. The lowest BCUT2D eigenvalue weighted by Gasteiger charge is -2.11. The second-order valence-corrected chi connectivity index (χ2v) is 2.94. The normalized spacial score (nSPS) is 12.6. The minimum atomic E-state index is -1.69. The summed E-state index contributed by atoms with van der Waals surface area (Å²) in [6.07, 6.45) is -1.40. The van der Waals surface area contributed by atoms with Crippen molar-refractivity contribution >= 4 is 0 Å². The van der Waals surface area contributed by atoms with Gasteiger partial charge in [-0.25, -0.2) is 8.78 Å². The molecule has 0 heterocycles. The summed E-state index contributed by atoms with van der Waals surface area (Å²) < 4.78 is 55.5. The second kappa shape index (κ2) is 5.13. The van der Waals surface area contributed by atoms with Gasteiger partial charge in [-0.1, -0.05) is 0 Å². The Morgan fingerprint density at radius 1 is 1.12 bits per heavy atom. The zero-order valence-electron chi connectivity index (χ0n) is 7.88. The number of benzene rings is 1. The molecule has 0 aliphatic carbocycles. The van der Waals surface area contributed by atoms with Gasteiger partial charge < -0.3 is 14.9 Å². The van der Waals surface area contributed by atoms with Crippen molar-refractivity contribution in [2.75, 3.05) is 13.2 Å². The second-order valence-electron chi connectivity index (χ2n) is 2.94. The summed E-state index contributed by atoms with van der Waals surface area (Å²) in [5.74, 6) is -7.85. The summed E-state index contributed by atoms with van der Waals surface area (Å²) in [6.45, 7) is -1.39. The molecule has 0 aliphatic heterocycles. The largest absolute Gasteiger partial charge is 0.485 e. The van der Waals surface area contributed by atoms with Crippen LogP contribution in [0.5, 0.6) is 5.75 Å². The van der Waals surface area contributed by atoms with Crippen LogP contribution in [0.15, 0.2) is 6.07 Å². The molecule has 0 bridgehead atoms. The highest BCUT2D eigenvalue weighted by Gasteiger charge is 2.21. The maximum Gasteiger partial charge on any atom is 0.203 e. The van der Waals surface area contributed by atoms with Gasteiger partial charge in [0.1, 0.15) is 12.7 Å². The summed E-state index contributed by atoms with van der Waals surface area (Å²) in [4.78, 5) is 0. The third-order valence-corrected chi connectivity index (χ3v) is 1.70. The Kier molecular flexibility index (Phi) is 4.08. The van der Waals surface area contributed by atoms with E-state index in [1.165, 1.54) is 0 Å². The minimum Gasteiger partial charge on any atom is -0.485 e. The van der Waals surface area contributed by atoms with E-state index in [9.17, 15) is 17.6 Å². The molecule has 3 nitrogen and oxygen atoms in total. The van der Waals surface area contributed by atoms with E-state index in [4.69, 9.17) is 10.2 Å². The van der Waals surface area contributed by atoms with Gasteiger partial charge in [-0.2, -0.15) is 8.78 Å². The summed E-state index contributed by atoms with van der Waals surface area (Å²) in [7, 11) is 0. The van der Waals surface area contributed by atoms with Crippen LogP contribution in [0.3, 0.4) is 0 Å². The van der Waals surface area contributed by atoms with E-state index in [1.54, 1.807) is 0 Å². The van der Waals surface area contributed by atoms with Crippen LogP contribution in [0.25, 0.3) is 0 Å².